The van der Waals surface area contributed by atoms with Gasteiger partial charge in [-0.1, -0.05) is 0 Å². The van der Waals surface area contributed by atoms with Crippen LogP contribution >= 0.6 is 0 Å². The van der Waals surface area contributed by atoms with Crippen molar-refractivity contribution in [3.8, 4) is 0 Å². The number of nitro groups is 1. The van der Waals surface area contributed by atoms with Crippen LogP contribution in [0.25, 0.3) is 0 Å². The number of nitrogens with one attached hydrogen (secondary N) is 2. The third kappa shape index (κ3) is 3.12. The smallest absolute Gasteiger partial charge is 0.269 e. The van der Waals surface area contributed by atoms with E-state index in [4.69, 9.17) is 5.84 Å². The molecule has 0 radical (unpaired) electrons. The zero-order chi connectivity index (χ0) is 15.4. The predicted octanol–water partition coefficient (Wildman–Crippen LogP) is 1.84. The van der Waals surface area contributed by atoms with Crippen molar-refractivity contribution in [1.82, 2.24) is 4.98 Å². The number of pyridine rings is 1. The lowest BCUT2D eigenvalue weighted by Crippen LogP contribution is -2.18. The van der Waals surface area contributed by atoms with Crippen LogP contribution in [0.1, 0.15) is 15.9 Å². The molecule has 0 atom stereocenters. The Morgan fingerprint density at radius 3 is 2.71 bits per heavy atom. The second-order valence-electron chi connectivity index (χ2n) is 4.28. The number of benzene rings is 1. The molecule has 4 N–H and O–H groups in total. The SMILES string of the molecule is Cc1cc([N+](=O)[O-])ccc1NC(=O)c1cnccc1NN. The van der Waals surface area contributed by atoms with Crippen LogP contribution in [0.2, 0.25) is 0 Å². The van der Waals surface area contributed by atoms with Crippen LogP contribution in [0.4, 0.5) is 17.1 Å². The van der Waals surface area contributed by atoms with Crippen molar-refractivity contribution in [3.05, 3.63) is 57.9 Å². The average Bonchev–Trinajstić information content (AvgIpc) is 2.48. The number of anilines is 2. The highest BCUT2D eigenvalue weighted by Crippen LogP contribution is 2.22. The van der Waals surface area contributed by atoms with Crippen molar-refractivity contribution >= 4 is 23.0 Å². The number of nitrogens with two attached hydrogens (primary N) is 1. The second-order valence-corrected chi connectivity index (χ2v) is 4.28. The van der Waals surface area contributed by atoms with E-state index in [0.29, 0.717) is 16.9 Å². The van der Waals surface area contributed by atoms with Crippen molar-refractivity contribution in [2.24, 2.45) is 5.84 Å². The van der Waals surface area contributed by atoms with Crippen LogP contribution in [0.5, 0.6) is 0 Å². The Kier molecular flexibility index (Phi) is 4.10. The number of nitrogen functional groups attached to an aromatic ring is 1. The van der Waals surface area contributed by atoms with Crippen LogP contribution in [-0.2, 0) is 0 Å². The third-order valence-corrected chi connectivity index (χ3v) is 2.89. The first kappa shape index (κ1) is 14.4. The van der Waals surface area contributed by atoms with Gasteiger partial charge in [-0.25, -0.2) is 0 Å². The summed E-state index contributed by atoms with van der Waals surface area (Å²) in [6, 6.07) is 5.77. The van der Waals surface area contributed by atoms with Crippen molar-refractivity contribution in [3.63, 3.8) is 0 Å². The highest BCUT2D eigenvalue weighted by molar-refractivity contribution is 6.08. The van der Waals surface area contributed by atoms with Gasteiger partial charge < -0.3 is 10.7 Å². The lowest BCUT2D eigenvalue weighted by Gasteiger charge is -2.10. The molecule has 0 aliphatic rings. The Labute approximate surface area is 120 Å². The highest BCUT2D eigenvalue weighted by atomic mass is 16.6. The maximum atomic E-state index is 12.2. The fraction of sp³-hybridized carbons (Fsp3) is 0.0769. The summed E-state index contributed by atoms with van der Waals surface area (Å²) in [5.41, 5.74) is 4.16. The van der Waals surface area contributed by atoms with Gasteiger partial charge in [0.15, 0.2) is 0 Å². The molecule has 0 aliphatic carbocycles. The van der Waals surface area contributed by atoms with Gasteiger partial charge in [0.2, 0.25) is 0 Å². The molecule has 0 spiro atoms. The Hall–Kier alpha value is -3.00. The predicted molar refractivity (Wildman–Crippen MR) is 77.8 cm³/mol. The number of aromatic nitrogens is 1. The Bertz CT molecular complexity index is 702. The molecule has 0 unspecified atom stereocenters. The Balaban J connectivity index is 2.26. The number of nitrogens with zero attached hydrogens (tertiary/aromatic N) is 2. The van der Waals surface area contributed by atoms with E-state index in [9.17, 15) is 14.9 Å². The number of rotatable bonds is 4. The van der Waals surface area contributed by atoms with Gasteiger partial charge in [-0.3, -0.25) is 25.7 Å². The molecule has 108 valence electrons. The summed E-state index contributed by atoms with van der Waals surface area (Å²) in [5, 5.41) is 13.3. The van der Waals surface area contributed by atoms with Gasteiger partial charge in [-0.15, -0.1) is 0 Å². The van der Waals surface area contributed by atoms with E-state index in [1.807, 2.05) is 0 Å². The van der Waals surface area contributed by atoms with Crippen molar-refractivity contribution in [2.75, 3.05) is 10.7 Å². The van der Waals surface area contributed by atoms with Crippen LogP contribution in [-0.4, -0.2) is 15.8 Å². The number of aryl methyl sites for hydroxylation is 1. The molecule has 1 aromatic heterocycles. The Morgan fingerprint density at radius 1 is 1.33 bits per heavy atom. The number of carbonyl (C=O) groups excluding carboxylic acids is 1. The number of nitro benzene ring substituents is 1. The minimum absolute atomic E-state index is 0.0313. The van der Waals surface area contributed by atoms with Crippen LogP contribution < -0.4 is 16.6 Å². The molecule has 0 saturated heterocycles. The maximum absolute atomic E-state index is 12.2. The molecule has 0 saturated carbocycles. The summed E-state index contributed by atoms with van der Waals surface area (Å²) >= 11 is 0. The topological polar surface area (TPSA) is 123 Å². The molecule has 0 bridgehead atoms. The molecule has 1 heterocycles. The highest BCUT2D eigenvalue weighted by Gasteiger charge is 2.14. The monoisotopic (exact) mass is 287 g/mol. The summed E-state index contributed by atoms with van der Waals surface area (Å²) < 4.78 is 0. The van der Waals surface area contributed by atoms with Gasteiger partial charge in [0, 0.05) is 30.2 Å². The number of hydrogen-bond donors (Lipinski definition) is 3. The van der Waals surface area contributed by atoms with Gasteiger partial charge in [0.05, 0.1) is 16.2 Å². The summed E-state index contributed by atoms with van der Waals surface area (Å²) in [5.74, 6) is 4.92. The second kappa shape index (κ2) is 5.97. The largest absolute Gasteiger partial charge is 0.323 e. The van der Waals surface area contributed by atoms with Gasteiger partial charge in [-0.05, 0) is 24.6 Å². The molecule has 8 heteroatoms. The summed E-state index contributed by atoms with van der Waals surface area (Å²) in [6.45, 7) is 1.67. The van der Waals surface area contributed by atoms with Crippen molar-refractivity contribution in [2.45, 2.75) is 6.92 Å². The molecule has 2 aromatic rings. The first-order valence-electron chi connectivity index (χ1n) is 6.00. The molecule has 8 nitrogen and oxygen atoms in total. The van der Waals surface area contributed by atoms with E-state index in [1.165, 1.54) is 30.6 Å². The van der Waals surface area contributed by atoms with Crippen molar-refractivity contribution < 1.29 is 9.72 Å². The number of carbonyl (C=O) groups is 1. The van der Waals surface area contributed by atoms with Crippen molar-refractivity contribution in [1.29, 1.82) is 0 Å². The quantitative estimate of drug-likeness (QED) is 0.448. The molecule has 2 rings (SSSR count). The molecule has 1 amide bonds. The zero-order valence-electron chi connectivity index (χ0n) is 11.2. The molecular weight excluding hydrogens is 274 g/mol. The molecule has 0 aliphatic heterocycles. The molecule has 0 fully saturated rings. The van der Waals surface area contributed by atoms with Gasteiger partial charge >= 0.3 is 0 Å². The van der Waals surface area contributed by atoms with Gasteiger partial charge in [0.1, 0.15) is 0 Å². The van der Waals surface area contributed by atoms with Crippen LogP contribution in [0.3, 0.4) is 0 Å². The average molecular weight is 287 g/mol. The number of non-ortho nitro benzene ring substituents is 1. The van der Waals surface area contributed by atoms with E-state index in [1.54, 1.807) is 13.0 Å². The lowest BCUT2D eigenvalue weighted by atomic mass is 10.1. The van der Waals surface area contributed by atoms with Gasteiger partial charge in [0.25, 0.3) is 11.6 Å². The van der Waals surface area contributed by atoms with E-state index in [-0.39, 0.29) is 11.3 Å². The van der Waals surface area contributed by atoms with E-state index < -0.39 is 10.8 Å². The lowest BCUT2D eigenvalue weighted by molar-refractivity contribution is -0.384. The van der Waals surface area contributed by atoms with Gasteiger partial charge in [-0.2, -0.15) is 0 Å². The number of hydrazine groups is 1. The Morgan fingerprint density at radius 2 is 2.10 bits per heavy atom. The fourth-order valence-electron chi connectivity index (χ4n) is 1.79. The molecule has 21 heavy (non-hydrogen) atoms. The minimum Gasteiger partial charge on any atom is -0.323 e. The number of amides is 1. The molecule has 1 aromatic carbocycles. The van der Waals surface area contributed by atoms with Crippen LogP contribution in [0, 0.1) is 17.0 Å². The minimum atomic E-state index is -0.490. The molecular formula is C13H13N5O3. The summed E-state index contributed by atoms with van der Waals surface area (Å²) in [6.07, 6.45) is 2.88. The first-order valence-corrected chi connectivity index (χ1v) is 6.00. The van der Waals surface area contributed by atoms with E-state index >= 15 is 0 Å². The summed E-state index contributed by atoms with van der Waals surface area (Å²) in [4.78, 5) is 26.2. The fourth-order valence-corrected chi connectivity index (χ4v) is 1.79. The summed E-state index contributed by atoms with van der Waals surface area (Å²) in [7, 11) is 0. The zero-order valence-corrected chi connectivity index (χ0v) is 11.2. The first-order chi connectivity index (χ1) is 10.0. The third-order valence-electron chi connectivity index (χ3n) is 2.89. The normalized spacial score (nSPS) is 10.0. The van der Waals surface area contributed by atoms with Crippen LogP contribution in [0.15, 0.2) is 36.7 Å². The standard InChI is InChI=1S/C13H13N5O3/c1-8-6-9(18(20)21)2-3-11(8)16-13(19)10-7-15-5-4-12(10)17-14/h2-7H,14H2,1H3,(H,15,17)(H,16,19). The van der Waals surface area contributed by atoms with E-state index in [0.717, 1.165) is 0 Å². The maximum Gasteiger partial charge on any atom is 0.269 e. The van der Waals surface area contributed by atoms with E-state index in [2.05, 4.69) is 15.7 Å². The number of hydrogen-bond acceptors (Lipinski definition) is 6.